The first-order chi connectivity index (χ1) is 6.55. The summed E-state index contributed by atoms with van der Waals surface area (Å²) >= 11 is 5.50. The van der Waals surface area contributed by atoms with Crippen LogP contribution in [0.15, 0.2) is 4.90 Å². The van der Waals surface area contributed by atoms with Crippen LogP contribution in [-0.2, 0) is 16.0 Å². The molecule has 7 heteroatoms. The number of hydrogen-bond acceptors (Lipinski definition) is 3. The zero-order valence-electron chi connectivity index (χ0n) is 8.88. The number of aryl methyl sites for hydroxylation is 1. The van der Waals surface area contributed by atoms with E-state index in [1.54, 1.807) is 0 Å². The molecular weight excluding hydrogens is 223 g/mol. The number of nitrogens with zero attached hydrogens (tertiary/aromatic N) is 2. The van der Waals surface area contributed by atoms with Crippen molar-refractivity contribution in [2.75, 3.05) is 0 Å². The number of hydrogen-bond donors (Lipinski definition) is 0. The molecule has 4 nitrogen and oxygen atoms in total. The Morgan fingerprint density at radius 3 is 2.50 bits per heavy atom. The van der Waals surface area contributed by atoms with Gasteiger partial charge in [0.05, 0.1) is 5.69 Å². The summed E-state index contributed by atoms with van der Waals surface area (Å²) in [5.41, 5.74) is -0.116. The standard InChI is InChI=1S/C5H6Cl2N2O2S/c1-3-4(12(7,10)11)5(6)8-9(3)2/h1-2H3/i2D3. The minimum absolute atomic E-state index is 0.116. The van der Waals surface area contributed by atoms with Gasteiger partial charge in [0, 0.05) is 21.8 Å². The van der Waals surface area contributed by atoms with Crippen LogP contribution < -0.4 is 0 Å². The van der Waals surface area contributed by atoms with Crippen LogP contribution in [0.25, 0.3) is 0 Å². The molecule has 12 heavy (non-hydrogen) atoms. The normalized spacial score (nSPS) is 16.8. The van der Waals surface area contributed by atoms with Crippen LogP contribution >= 0.6 is 22.3 Å². The van der Waals surface area contributed by atoms with Gasteiger partial charge in [-0.2, -0.15) is 5.10 Å². The lowest BCUT2D eigenvalue weighted by atomic mass is 10.5. The molecule has 0 saturated carbocycles. The van der Waals surface area contributed by atoms with E-state index in [-0.39, 0.29) is 5.69 Å². The summed E-state index contributed by atoms with van der Waals surface area (Å²) in [7, 11) is 0.987. The molecule has 0 radical (unpaired) electrons. The summed E-state index contributed by atoms with van der Waals surface area (Å²) in [6, 6.07) is 0. The predicted molar refractivity (Wildman–Crippen MR) is 46.0 cm³/mol. The van der Waals surface area contributed by atoms with Crippen LogP contribution in [0.4, 0.5) is 0 Å². The van der Waals surface area contributed by atoms with E-state index >= 15 is 0 Å². The Bertz CT molecular complexity index is 493. The zero-order valence-corrected chi connectivity index (χ0v) is 8.20. The molecule has 1 aromatic rings. The van der Waals surface area contributed by atoms with E-state index in [1.165, 1.54) is 6.92 Å². The first kappa shape index (κ1) is 6.23. The second-order valence-corrected chi connectivity index (χ2v) is 4.92. The Labute approximate surface area is 83.7 Å². The molecule has 0 aliphatic heterocycles. The topological polar surface area (TPSA) is 52.0 Å². The lowest BCUT2D eigenvalue weighted by molar-refractivity contribution is 0.608. The lowest BCUT2D eigenvalue weighted by Crippen LogP contribution is -1.96. The van der Waals surface area contributed by atoms with E-state index in [4.69, 9.17) is 26.4 Å². The van der Waals surface area contributed by atoms with Gasteiger partial charge >= 0.3 is 0 Å². The van der Waals surface area contributed by atoms with E-state index in [1.807, 2.05) is 0 Å². The third-order valence-electron chi connectivity index (χ3n) is 1.27. The molecule has 0 saturated heterocycles. The van der Waals surface area contributed by atoms with Gasteiger partial charge in [-0.05, 0) is 6.92 Å². The average Bonchev–Trinajstić information content (AvgIpc) is 2.22. The van der Waals surface area contributed by atoms with Crippen molar-refractivity contribution >= 4 is 31.3 Å². The highest BCUT2D eigenvalue weighted by Crippen LogP contribution is 2.26. The number of rotatable bonds is 1. The first-order valence-corrected chi connectivity index (χ1v) is 5.44. The Balaban J connectivity index is 3.55. The predicted octanol–water partition coefficient (Wildman–Crippen LogP) is 1.31. The first-order valence-electron chi connectivity index (χ1n) is 4.25. The largest absolute Gasteiger partial charge is 0.270 e. The van der Waals surface area contributed by atoms with Gasteiger partial charge in [0.2, 0.25) is 0 Å². The van der Waals surface area contributed by atoms with Crippen molar-refractivity contribution < 1.29 is 12.5 Å². The molecule has 0 aliphatic rings. The van der Waals surface area contributed by atoms with Gasteiger partial charge in [-0.1, -0.05) is 11.6 Å². The summed E-state index contributed by atoms with van der Waals surface area (Å²) in [6.45, 7) is -1.33. The molecular formula is C5H6Cl2N2O2S. The van der Waals surface area contributed by atoms with Crippen molar-refractivity contribution in [1.82, 2.24) is 9.78 Å². The molecule has 0 spiro atoms. The van der Waals surface area contributed by atoms with Gasteiger partial charge < -0.3 is 0 Å². The molecule has 1 aromatic heterocycles. The highest BCUT2D eigenvalue weighted by molar-refractivity contribution is 8.13. The molecule has 0 fully saturated rings. The van der Waals surface area contributed by atoms with Gasteiger partial charge in [0.1, 0.15) is 4.90 Å². The van der Waals surface area contributed by atoms with Gasteiger partial charge in [-0.15, -0.1) is 0 Å². The summed E-state index contributed by atoms with van der Waals surface area (Å²) in [6.07, 6.45) is 0. The molecule has 68 valence electrons. The van der Waals surface area contributed by atoms with Crippen molar-refractivity contribution in [2.24, 2.45) is 6.98 Å². The summed E-state index contributed by atoms with van der Waals surface area (Å²) in [4.78, 5) is -0.470. The summed E-state index contributed by atoms with van der Waals surface area (Å²) < 4.78 is 43.9. The van der Waals surface area contributed by atoms with Crippen LogP contribution in [-0.4, -0.2) is 18.2 Å². The van der Waals surface area contributed by atoms with Crippen LogP contribution in [0.5, 0.6) is 0 Å². The molecule has 1 heterocycles. The number of halogens is 2. The smallest absolute Gasteiger partial charge is 0.266 e. The van der Waals surface area contributed by atoms with Crippen molar-refractivity contribution in [2.45, 2.75) is 11.8 Å². The maximum absolute atomic E-state index is 11.1. The maximum Gasteiger partial charge on any atom is 0.266 e. The fraction of sp³-hybridized carbons (Fsp3) is 0.400. The molecule has 0 aliphatic carbocycles. The third kappa shape index (κ3) is 1.57. The van der Waals surface area contributed by atoms with Crippen LogP contribution in [0.3, 0.4) is 0 Å². The molecule has 0 N–H and O–H groups in total. The fourth-order valence-electron chi connectivity index (χ4n) is 0.731. The maximum atomic E-state index is 11.1. The SMILES string of the molecule is [2H]C([2H])([2H])n1nc(Cl)c(S(=O)(=O)Cl)c1C. The third-order valence-corrected chi connectivity index (χ3v) is 3.08. The quantitative estimate of drug-likeness (QED) is 0.686. The molecule has 0 atom stereocenters. The van der Waals surface area contributed by atoms with Crippen LogP contribution in [0, 0.1) is 6.92 Å². The molecule has 0 bridgehead atoms. The highest BCUT2D eigenvalue weighted by atomic mass is 35.7. The van der Waals surface area contributed by atoms with Gasteiger partial charge in [-0.3, -0.25) is 4.68 Å². The van der Waals surface area contributed by atoms with Gasteiger partial charge in [0.15, 0.2) is 5.15 Å². The van der Waals surface area contributed by atoms with E-state index in [0.29, 0.717) is 4.68 Å². The Morgan fingerprint density at radius 1 is 1.67 bits per heavy atom. The lowest BCUT2D eigenvalue weighted by Gasteiger charge is -1.94. The van der Waals surface area contributed by atoms with Gasteiger partial charge in [-0.25, -0.2) is 8.42 Å². The summed E-state index contributed by atoms with van der Waals surface area (Å²) in [5.74, 6) is 0. The molecule has 0 aromatic carbocycles. The molecule has 0 amide bonds. The second kappa shape index (κ2) is 2.90. The summed E-state index contributed by atoms with van der Waals surface area (Å²) in [5, 5.41) is 2.96. The zero-order chi connectivity index (χ0) is 12.0. The number of aromatic nitrogens is 2. The minimum Gasteiger partial charge on any atom is -0.270 e. The van der Waals surface area contributed by atoms with Crippen LogP contribution in [0.1, 0.15) is 9.81 Å². The Hall–Kier alpha value is -0.260. The average molecular weight is 232 g/mol. The fourth-order valence-corrected chi connectivity index (χ4v) is 2.60. The van der Waals surface area contributed by atoms with E-state index < -0.39 is 26.1 Å². The van der Waals surface area contributed by atoms with Crippen molar-refractivity contribution in [3.05, 3.63) is 10.8 Å². The minimum atomic E-state index is -4.10. The van der Waals surface area contributed by atoms with E-state index in [0.717, 1.165) is 0 Å². The molecule has 0 unspecified atom stereocenters. The van der Waals surface area contributed by atoms with Crippen molar-refractivity contribution in [3.63, 3.8) is 0 Å². The van der Waals surface area contributed by atoms with Crippen LogP contribution in [0.2, 0.25) is 5.15 Å². The van der Waals surface area contributed by atoms with E-state index in [2.05, 4.69) is 5.10 Å². The monoisotopic (exact) mass is 231 g/mol. The van der Waals surface area contributed by atoms with Gasteiger partial charge in [0.25, 0.3) is 9.05 Å². The highest BCUT2D eigenvalue weighted by Gasteiger charge is 2.22. The van der Waals surface area contributed by atoms with Crippen molar-refractivity contribution in [1.29, 1.82) is 0 Å². The Morgan fingerprint density at radius 2 is 2.25 bits per heavy atom. The van der Waals surface area contributed by atoms with Crippen molar-refractivity contribution in [3.8, 4) is 0 Å². The van der Waals surface area contributed by atoms with E-state index in [9.17, 15) is 8.42 Å². The molecule has 1 rings (SSSR count). The second-order valence-electron chi connectivity index (χ2n) is 2.05. The Kier molecular flexibility index (Phi) is 1.51.